The van der Waals surface area contributed by atoms with Crippen LogP contribution < -0.4 is 9.38 Å². The van der Waals surface area contributed by atoms with Gasteiger partial charge in [-0.1, -0.05) is 42.5 Å². The summed E-state index contributed by atoms with van der Waals surface area (Å²) >= 11 is 0. The molecule has 1 aliphatic heterocycles. The fraction of sp³-hybridized carbons (Fsp3) is 0.100. The zero-order valence-electron chi connectivity index (χ0n) is 12.9. The molecule has 0 aromatic heterocycles. The van der Waals surface area contributed by atoms with E-state index in [-0.39, 0.29) is 0 Å². The van der Waals surface area contributed by atoms with Crippen molar-refractivity contribution < 1.29 is 0 Å². The molecule has 0 saturated heterocycles. The molecule has 2 heteroatoms. The fourth-order valence-corrected chi connectivity index (χ4v) is 3.37. The van der Waals surface area contributed by atoms with Crippen molar-refractivity contribution in [2.75, 3.05) is 19.0 Å². The molecule has 0 spiro atoms. The van der Waals surface area contributed by atoms with Gasteiger partial charge in [-0.25, -0.2) is 0 Å². The quantitative estimate of drug-likeness (QED) is 0.544. The van der Waals surface area contributed by atoms with Crippen LogP contribution in [0.15, 0.2) is 78.9 Å². The minimum Gasteiger partial charge on any atom is -0.300 e. The van der Waals surface area contributed by atoms with Gasteiger partial charge in [0.15, 0.2) is 11.4 Å². The highest BCUT2D eigenvalue weighted by Crippen LogP contribution is 2.53. The second-order valence-corrected chi connectivity index (χ2v) is 6.10. The lowest BCUT2D eigenvalue weighted by molar-refractivity contribution is 0.550. The average molecular weight is 287 g/mol. The molecule has 0 N–H and O–H groups in total. The summed E-state index contributed by atoms with van der Waals surface area (Å²) in [5, 5.41) is 0. The molecule has 0 amide bonds. The number of para-hydroxylation sites is 5. The number of nitrogens with zero attached hydrogens (tertiary/aromatic N) is 2. The summed E-state index contributed by atoms with van der Waals surface area (Å²) in [7, 11) is 4.50. The van der Waals surface area contributed by atoms with E-state index >= 15 is 0 Å². The van der Waals surface area contributed by atoms with Crippen molar-refractivity contribution in [3.05, 3.63) is 78.9 Å². The van der Waals surface area contributed by atoms with Gasteiger partial charge in [-0.3, -0.25) is 9.38 Å². The second kappa shape index (κ2) is 4.72. The summed E-state index contributed by atoms with van der Waals surface area (Å²) < 4.78 is 0.760. The Morgan fingerprint density at radius 1 is 0.591 bits per heavy atom. The number of fused-ring (bicyclic) bond motifs is 2. The van der Waals surface area contributed by atoms with E-state index < -0.39 is 0 Å². The highest BCUT2D eigenvalue weighted by molar-refractivity contribution is 5.95. The fourth-order valence-electron chi connectivity index (χ4n) is 3.37. The van der Waals surface area contributed by atoms with Crippen molar-refractivity contribution in [3.8, 4) is 0 Å². The maximum absolute atomic E-state index is 2.36. The zero-order chi connectivity index (χ0) is 15.2. The summed E-state index contributed by atoms with van der Waals surface area (Å²) in [5.74, 6) is 0. The molecule has 4 rings (SSSR count). The molecule has 1 heterocycles. The van der Waals surface area contributed by atoms with Crippen molar-refractivity contribution in [3.63, 3.8) is 0 Å². The number of hydrogen-bond donors (Lipinski definition) is 0. The Bertz CT molecular complexity index is 772. The van der Waals surface area contributed by atoms with Crippen LogP contribution in [0.2, 0.25) is 0 Å². The van der Waals surface area contributed by atoms with Crippen LogP contribution >= 0.6 is 0 Å². The number of quaternary nitrogens is 1. The molecule has 108 valence electrons. The minimum atomic E-state index is 0.760. The Labute approximate surface area is 131 Å². The molecule has 2 nitrogen and oxygen atoms in total. The van der Waals surface area contributed by atoms with Crippen molar-refractivity contribution >= 4 is 28.4 Å². The maximum atomic E-state index is 2.36. The third-order valence-electron chi connectivity index (χ3n) is 4.46. The van der Waals surface area contributed by atoms with E-state index in [0.29, 0.717) is 0 Å². The molecular weight excluding hydrogens is 268 g/mol. The van der Waals surface area contributed by atoms with Gasteiger partial charge in [0.25, 0.3) is 0 Å². The van der Waals surface area contributed by atoms with E-state index in [9.17, 15) is 0 Å². The van der Waals surface area contributed by atoms with Crippen LogP contribution in [0.1, 0.15) is 0 Å². The molecule has 0 unspecified atom stereocenters. The standard InChI is InChI=1S/C20H19N2/c1-22(2)19-14-8-6-12-17(19)21(16-10-4-3-5-11-16)18-13-7-9-15-20(18)22/h3-15H,1-2H3/q+1. The Morgan fingerprint density at radius 2 is 1.05 bits per heavy atom. The lowest BCUT2D eigenvalue weighted by Gasteiger charge is -2.41. The van der Waals surface area contributed by atoms with E-state index in [4.69, 9.17) is 0 Å². The first-order valence-electron chi connectivity index (χ1n) is 7.58. The van der Waals surface area contributed by atoms with E-state index in [1.165, 1.54) is 28.4 Å². The molecule has 3 aromatic rings. The van der Waals surface area contributed by atoms with E-state index in [2.05, 4.69) is 97.9 Å². The number of hydrogen-bond acceptors (Lipinski definition) is 1. The van der Waals surface area contributed by atoms with Crippen LogP contribution in [0.25, 0.3) is 0 Å². The van der Waals surface area contributed by atoms with Crippen molar-refractivity contribution in [2.24, 2.45) is 0 Å². The second-order valence-electron chi connectivity index (χ2n) is 6.10. The number of benzene rings is 3. The Morgan fingerprint density at radius 3 is 1.59 bits per heavy atom. The number of anilines is 3. The molecular formula is C20H19N2+. The molecule has 0 fully saturated rings. The van der Waals surface area contributed by atoms with Crippen molar-refractivity contribution in [1.82, 2.24) is 4.48 Å². The third-order valence-corrected chi connectivity index (χ3v) is 4.46. The molecule has 3 aromatic carbocycles. The topological polar surface area (TPSA) is 3.24 Å². The predicted octanol–water partition coefficient (Wildman–Crippen LogP) is 5.37. The van der Waals surface area contributed by atoms with E-state index in [1.54, 1.807) is 0 Å². The monoisotopic (exact) mass is 287 g/mol. The molecule has 0 radical (unpaired) electrons. The van der Waals surface area contributed by atoms with Gasteiger partial charge in [-0.15, -0.1) is 0 Å². The van der Waals surface area contributed by atoms with Gasteiger partial charge in [0.05, 0.1) is 14.1 Å². The molecule has 0 atom stereocenters. The number of rotatable bonds is 1. The van der Waals surface area contributed by atoms with Crippen LogP contribution in [0, 0.1) is 0 Å². The van der Waals surface area contributed by atoms with Gasteiger partial charge in [0.1, 0.15) is 11.4 Å². The van der Waals surface area contributed by atoms with Crippen LogP contribution in [0.4, 0.5) is 28.4 Å². The first kappa shape index (κ1) is 13.1. The summed E-state index contributed by atoms with van der Waals surface area (Å²) in [5.41, 5.74) is 6.31. The average Bonchev–Trinajstić information content (AvgIpc) is 2.56. The van der Waals surface area contributed by atoms with Crippen LogP contribution in [0.5, 0.6) is 0 Å². The largest absolute Gasteiger partial charge is 0.300 e. The lowest BCUT2D eigenvalue weighted by atomic mass is 10.0. The van der Waals surface area contributed by atoms with Crippen molar-refractivity contribution in [2.45, 2.75) is 0 Å². The Kier molecular flexibility index (Phi) is 2.81. The van der Waals surface area contributed by atoms with E-state index in [1.807, 2.05) is 0 Å². The van der Waals surface area contributed by atoms with Gasteiger partial charge in [0.2, 0.25) is 0 Å². The smallest absolute Gasteiger partial charge is 0.161 e. The first-order chi connectivity index (χ1) is 10.7. The van der Waals surface area contributed by atoms with Crippen molar-refractivity contribution in [1.29, 1.82) is 0 Å². The lowest BCUT2D eigenvalue weighted by Crippen LogP contribution is -2.39. The minimum absolute atomic E-state index is 0.760. The van der Waals surface area contributed by atoms with Gasteiger partial charge >= 0.3 is 0 Å². The zero-order valence-corrected chi connectivity index (χ0v) is 12.9. The Balaban J connectivity index is 2.05. The molecule has 0 saturated carbocycles. The van der Waals surface area contributed by atoms with Gasteiger partial charge in [-0.05, 0) is 24.3 Å². The van der Waals surface area contributed by atoms with E-state index in [0.717, 1.165) is 4.48 Å². The highest BCUT2D eigenvalue weighted by Gasteiger charge is 2.37. The summed E-state index contributed by atoms with van der Waals surface area (Å²) in [6.45, 7) is 0. The molecule has 1 aliphatic rings. The normalized spacial score (nSPS) is 15.1. The van der Waals surface area contributed by atoms with Gasteiger partial charge in [-0.2, -0.15) is 0 Å². The van der Waals surface area contributed by atoms with Gasteiger partial charge < -0.3 is 0 Å². The highest BCUT2D eigenvalue weighted by atomic mass is 15.4. The summed E-state index contributed by atoms with van der Waals surface area (Å²) in [6, 6.07) is 27.9. The summed E-state index contributed by atoms with van der Waals surface area (Å²) in [6.07, 6.45) is 0. The first-order valence-corrected chi connectivity index (χ1v) is 7.58. The SMILES string of the molecule is C[N+]1(C)c2ccccc2N(c2ccccc2)c2ccccc21. The molecule has 0 aliphatic carbocycles. The summed E-state index contributed by atoms with van der Waals surface area (Å²) in [4.78, 5) is 2.36. The van der Waals surface area contributed by atoms with Crippen LogP contribution in [-0.4, -0.2) is 14.1 Å². The van der Waals surface area contributed by atoms with Gasteiger partial charge in [0, 0.05) is 17.8 Å². The van der Waals surface area contributed by atoms with Crippen LogP contribution in [-0.2, 0) is 0 Å². The third kappa shape index (κ3) is 1.78. The Hall–Kier alpha value is -2.58. The molecule has 22 heavy (non-hydrogen) atoms. The van der Waals surface area contributed by atoms with Crippen LogP contribution in [0.3, 0.4) is 0 Å². The predicted molar refractivity (Wildman–Crippen MR) is 94.4 cm³/mol. The maximum Gasteiger partial charge on any atom is 0.161 e. The molecule has 0 bridgehead atoms.